The molecule has 1 atom stereocenters. The number of rotatable bonds is 6. The number of hydrogen-bond donors (Lipinski definition) is 2. The Morgan fingerprint density at radius 1 is 1.44 bits per heavy atom. The molecule has 0 bridgehead atoms. The van der Waals surface area contributed by atoms with Crippen LogP contribution in [0.15, 0.2) is 18.2 Å². The van der Waals surface area contributed by atoms with Crippen LogP contribution in [0, 0.1) is 13.8 Å². The molecule has 0 heterocycles. The third kappa shape index (κ3) is 4.35. The number of thioether (sulfide) groups is 1. The van der Waals surface area contributed by atoms with Crippen molar-refractivity contribution in [1.29, 1.82) is 0 Å². The number of carbonyl (C=O) groups excluding carboxylic acids is 1. The second kappa shape index (κ2) is 7.44. The largest absolute Gasteiger partial charge is 0.330 e. The average Bonchev–Trinajstić information content (AvgIpc) is 2.35. The first kappa shape index (κ1) is 15.1. The molecule has 0 radical (unpaired) electrons. The summed E-state index contributed by atoms with van der Waals surface area (Å²) in [6.45, 7) is 6.68. The zero-order valence-electron chi connectivity index (χ0n) is 11.3. The Morgan fingerprint density at radius 3 is 2.83 bits per heavy atom. The third-order valence-electron chi connectivity index (χ3n) is 2.95. The van der Waals surface area contributed by atoms with E-state index in [9.17, 15) is 4.79 Å². The minimum absolute atomic E-state index is 0.0449. The van der Waals surface area contributed by atoms with E-state index in [1.165, 1.54) is 5.56 Å². The Kier molecular flexibility index (Phi) is 6.22. The zero-order chi connectivity index (χ0) is 13.5. The molecule has 1 unspecified atom stereocenters. The van der Waals surface area contributed by atoms with Crippen LogP contribution in [0.4, 0.5) is 5.69 Å². The summed E-state index contributed by atoms with van der Waals surface area (Å²) in [6, 6.07) is 5.95. The predicted molar refractivity (Wildman–Crippen MR) is 80.1 cm³/mol. The van der Waals surface area contributed by atoms with Crippen molar-refractivity contribution in [3.8, 4) is 0 Å². The molecule has 1 aromatic rings. The third-order valence-corrected chi connectivity index (χ3v) is 4.19. The topological polar surface area (TPSA) is 55.1 Å². The molecule has 0 spiro atoms. The Labute approximate surface area is 114 Å². The summed E-state index contributed by atoms with van der Waals surface area (Å²) in [7, 11) is 0. The fraction of sp³-hybridized carbons (Fsp3) is 0.500. The number of amides is 1. The molecule has 3 nitrogen and oxygen atoms in total. The first-order chi connectivity index (χ1) is 8.56. The van der Waals surface area contributed by atoms with Gasteiger partial charge >= 0.3 is 0 Å². The van der Waals surface area contributed by atoms with E-state index >= 15 is 0 Å². The quantitative estimate of drug-likeness (QED) is 0.778. The molecule has 1 amide bonds. The van der Waals surface area contributed by atoms with Crippen molar-refractivity contribution in [2.45, 2.75) is 32.4 Å². The SMILES string of the molecule is Cc1cccc(NC(=O)C(C)SCCCN)c1C. The maximum Gasteiger partial charge on any atom is 0.237 e. The van der Waals surface area contributed by atoms with Gasteiger partial charge in [-0.05, 0) is 56.7 Å². The average molecular weight is 266 g/mol. The highest BCUT2D eigenvalue weighted by Gasteiger charge is 2.14. The molecule has 0 aliphatic heterocycles. The highest BCUT2D eigenvalue weighted by atomic mass is 32.2. The summed E-state index contributed by atoms with van der Waals surface area (Å²) in [5.41, 5.74) is 8.67. The van der Waals surface area contributed by atoms with E-state index in [1.54, 1.807) is 11.8 Å². The fourth-order valence-corrected chi connectivity index (χ4v) is 2.44. The number of benzene rings is 1. The van der Waals surface area contributed by atoms with Gasteiger partial charge in [-0.3, -0.25) is 4.79 Å². The molecule has 0 aromatic heterocycles. The summed E-state index contributed by atoms with van der Waals surface area (Å²) >= 11 is 1.65. The molecule has 100 valence electrons. The number of anilines is 1. The molecular formula is C14H22N2OS. The van der Waals surface area contributed by atoms with Gasteiger partial charge in [0.2, 0.25) is 5.91 Å². The lowest BCUT2D eigenvalue weighted by atomic mass is 10.1. The number of hydrogen-bond acceptors (Lipinski definition) is 3. The maximum atomic E-state index is 12.0. The fourth-order valence-electron chi connectivity index (χ4n) is 1.54. The van der Waals surface area contributed by atoms with Gasteiger partial charge in [0.25, 0.3) is 0 Å². The van der Waals surface area contributed by atoms with Gasteiger partial charge in [0.1, 0.15) is 0 Å². The molecular weight excluding hydrogens is 244 g/mol. The highest BCUT2D eigenvalue weighted by Crippen LogP contribution is 2.20. The number of nitrogens with two attached hydrogens (primary N) is 1. The van der Waals surface area contributed by atoms with Gasteiger partial charge in [0.15, 0.2) is 0 Å². The molecule has 0 saturated carbocycles. The molecule has 0 aliphatic rings. The van der Waals surface area contributed by atoms with Gasteiger partial charge < -0.3 is 11.1 Å². The van der Waals surface area contributed by atoms with Crippen LogP contribution in [0.5, 0.6) is 0 Å². The van der Waals surface area contributed by atoms with Crippen LogP contribution < -0.4 is 11.1 Å². The number of carbonyl (C=O) groups is 1. The molecule has 4 heteroatoms. The van der Waals surface area contributed by atoms with Crippen LogP contribution in [0.3, 0.4) is 0 Å². The van der Waals surface area contributed by atoms with Crippen molar-refractivity contribution in [3.63, 3.8) is 0 Å². The Hall–Kier alpha value is -1.00. The van der Waals surface area contributed by atoms with Gasteiger partial charge in [-0.1, -0.05) is 12.1 Å². The van der Waals surface area contributed by atoms with E-state index in [2.05, 4.69) is 5.32 Å². The van der Waals surface area contributed by atoms with Crippen LogP contribution in [0.25, 0.3) is 0 Å². The maximum absolute atomic E-state index is 12.0. The molecule has 0 aliphatic carbocycles. The van der Waals surface area contributed by atoms with Crippen molar-refractivity contribution in [1.82, 2.24) is 0 Å². The lowest BCUT2D eigenvalue weighted by Crippen LogP contribution is -2.23. The molecule has 0 fully saturated rings. The second-order valence-electron chi connectivity index (χ2n) is 4.39. The Balaban J connectivity index is 2.56. The van der Waals surface area contributed by atoms with E-state index in [-0.39, 0.29) is 11.2 Å². The van der Waals surface area contributed by atoms with Gasteiger partial charge in [0.05, 0.1) is 5.25 Å². The van der Waals surface area contributed by atoms with E-state index in [1.807, 2.05) is 39.0 Å². The van der Waals surface area contributed by atoms with E-state index < -0.39 is 0 Å². The second-order valence-corrected chi connectivity index (χ2v) is 5.84. The lowest BCUT2D eigenvalue weighted by Gasteiger charge is -2.14. The smallest absolute Gasteiger partial charge is 0.237 e. The van der Waals surface area contributed by atoms with Crippen LogP contribution in [0.2, 0.25) is 0 Å². The Bertz CT molecular complexity index is 407. The molecule has 18 heavy (non-hydrogen) atoms. The van der Waals surface area contributed by atoms with Crippen molar-refractivity contribution >= 4 is 23.4 Å². The van der Waals surface area contributed by atoms with Crippen LogP contribution in [-0.4, -0.2) is 23.5 Å². The number of nitrogens with one attached hydrogen (secondary N) is 1. The van der Waals surface area contributed by atoms with E-state index in [0.717, 1.165) is 23.4 Å². The number of aryl methyl sites for hydroxylation is 1. The standard InChI is InChI=1S/C14H22N2OS/c1-10-6-4-7-13(11(10)2)16-14(17)12(3)18-9-5-8-15/h4,6-7,12H,5,8-9,15H2,1-3H3,(H,16,17). The normalized spacial score (nSPS) is 12.2. The molecule has 0 saturated heterocycles. The molecule has 1 rings (SSSR count). The van der Waals surface area contributed by atoms with Crippen molar-refractivity contribution in [2.75, 3.05) is 17.6 Å². The van der Waals surface area contributed by atoms with Crippen molar-refractivity contribution < 1.29 is 4.79 Å². The van der Waals surface area contributed by atoms with Gasteiger partial charge in [-0.2, -0.15) is 0 Å². The summed E-state index contributed by atoms with van der Waals surface area (Å²) in [5.74, 6) is 0.989. The van der Waals surface area contributed by atoms with Gasteiger partial charge in [0, 0.05) is 5.69 Å². The van der Waals surface area contributed by atoms with Gasteiger partial charge in [-0.15, -0.1) is 11.8 Å². The van der Waals surface area contributed by atoms with Gasteiger partial charge in [-0.25, -0.2) is 0 Å². The van der Waals surface area contributed by atoms with E-state index in [0.29, 0.717) is 6.54 Å². The summed E-state index contributed by atoms with van der Waals surface area (Å²) in [5, 5.41) is 2.94. The zero-order valence-corrected chi connectivity index (χ0v) is 12.1. The summed E-state index contributed by atoms with van der Waals surface area (Å²) in [4.78, 5) is 12.0. The first-order valence-corrected chi connectivity index (χ1v) is 7.30. The highest BCUT2D eigenvalue weighted by molar-refractivity contribution is 8.00. The minimum Gasteiger partial charge on any atom is -0.330 e. The monoisotopic (exact) mass is 266 g/mol. The summed E-state index contributed by atoms with van der Waals surface area (Å²) < 4.78 is 0. The first-order valence-electron chi connectivity index (χ1n) is 6.25. The van der Waals surface area contributed by atoms with Crippen LogP contribution in [-0.2, 0) is 4.79 Å². The van der Waals surface area contributed by atoms with Crippen LogP contribution >= 0.6 is 11.8 Å². The van der Waals surface area contributed by atoms with Crippen LogP contribution in [0.1, 0.15) is 24.5 Å². The minimum atomic E-state index is -0.0449. The van der Waals surface area contributed by atoms with E-state index in [4.69, 9.17) is 5.73 Å². The molecule has 1 aromatic carbocycles. The molecule has 3 N–H and O–H groups in total. The summed E-state index contributed by atoms with van der Waals surface area (Å²) in [6.07, 6.45) is 0.950. The Morgan fingerprint density at radius 2 is 2.17 bits per heavy atom. The van der Waals surface area contributed by atoms with Crippen molar-refractivity contribution in [2.24, 2.45) is 5.73 Å². The predicted octanol–water partition coefficient (Wildman–Crippen LogP) is 2.71. The lowest BCUT2D eigenvalue weighted by molar-refractivity contribution is -0.115. The van der Waals surface area contributed by atoms with Crippen molar-refractivity contribution in [3.05, 3.63) is 29.3 Å².